The lowest BCUT2D eigenvalue weighted by molar-refractivity contribution is -0.132. The third kappa shape index (κ3) is 6.20. The van der Waals surface area contributed by atoms with Crippen LogP contribution in [0.4, 0.5) is 0 Å². The molecule has 0 saturated heterocycles. The van der Waals surface area contributed by atoms with Crippen LogP contribution in [0.5, 0.6) is 11.6 Å². The topological polar surface area (TPSA) is 90.8 Å². The zero-order chi connectivity index (χ0) is 27.1. The molecule has 3 aromatic heterocycles. The minimum Gasteiger partial charge on any atom is -0.490 e. The van der Waals surface area contributed by atoms with E-state index in [4.69, 9.17) is 14.2 Å². The van der Waals surface area contributed by atoms with E-state index in [0.717, 1.165) is 27.8 Å². The van der Waals surface area contributed by atoms with E-state index in [1.807, 2.05) is 19.1 Å². The molecule has 1 N–H and O–H groups in total. The smallest absolute Gasteiger partial charge is 0.332 e. The Kier molecular flexibility index (Phi) is 8.74. The standard InChI is InChI=1S/C30H28N2O5S/c1-5-6-24(19(2)30(33)34)22-8-10-29(32-15-22)37-17-21-7-9-28-26(13-21)27(18-38-28)25-14-23(16-31-20(25)3)36-12-11-35-4/h7-10,13-16,18H,11-12,17H2,1-4H3,(H,33,34)/b24-19+. The largest absolute Gasteiger partial charge is 0.490 e. The number of aromatic nitrogens is 2. The number of thiophene rings is 1. The second kappa shape index (κ2) is 12.4. The predicted octanol–water partition coefficient (Wildman–Crippen LogP) is 6.15. The van der Waals surface area contributed by atoms with E-state index in [9.17, 15) is 9.90 Å². The van der Waals surface area contributed by atoms with Gasteiger partial charge in [-0.05, 0) is 56.0 Å². The van der Waals surface area contributed by atoms with Crippen molar-refractivity contribution in [2.45, 2.75) is 27.4 Å². The maximum Gasteiger partial charge on any atom is 0.332 e. The van der Waals surface area contributed by atoms with Crippen molar-refractivity contribution in [3.63, 3.8) is 0 Å². The van der Waals surface area contributed by atoms with Crippen molar-refractivity contribution in [3.05, 3.63) is 76.6 Å². The molecule has 0 aliphatic heterocycles. The fourth-order valence-electron chi connectivity index (χ4n) is 3.87. The molecule has 4 aromatic rings. The van der Waals surface area contributed by atoms with Crippen LogP contribution >= 0.6 is 11.3 Å². The van der Waals surface area contributed by atoms with Crippen LogP contribution in [0.2, 0.25) is 0 Å². The van der Waals surface area contributed by atoms with Gasteiger partial charge in [0, 0.05) is 57.4 Å². The summed E-state index contributed by atoms with van der Waals surface area (Å²) in [6, 6.07) is 11.8. The van der Waals surface area contributed by atoms with Gasteiger partial charge < -0.3 is 19.3 Å². The Bertz CT molecular complexity index is 1540. The fourth-order valence-corrected chi connectivity index (χ4v) is 4.81. The second-order valence-corrected chi connectivity index (χ2v) is 9.39. The summed E-state index contributed by atoms with van der Waals surface area (Å²) in [4.78, 5) is 20.3. The summed E-state index contributed by atoms with van der Waals surface area (Å²) >= 11 is 1.68. The lowest BCUT2D eigenvalue weighted by Gasteiger charge is -2.10. The molecule has 194 valence electrons. The van der Waals surface area contributed by atoms with Crippen molar-refractivity contribution in [2.24, 2.45) is 0 Å². The van der Waals surface area contributed by atoms with Gasteiger partial charge in [0.25, 0.3) is 0 Å². The number of benzene rings is 1. The maximum absolute atomic E-state index is 11.4. The third-order valence-corrected chi connectivity index (χ3v) is 6.87. The van der Waals surface area contributed by atoms with Gasteiger partial charge in [-0.15, -0.1) is 17.3 Å². The Morgan fingerprint density at radius 3 is 2.61 bits per heavy atom. The van der Waals surface area contributed by atoms with E-state index in [0.29, 0.717) is 42.6 Å². The van der Waals surface area contributed by atoms with Gasteiger partial charge in [0.2, 0.25) is 5.88 Å². The van der Waals surface area contributed by atoms with Crippen molar-refractivity contribution in [1.82, 2.24) is 9.97 Å². The van der Waals surface area contributed by atoms with Crippen molar-refractivity contribution < 1.29 is 24.1 Å². The zero-order valence-corrected chi connectivity index (χ0v) is 22.5. The lowest BCUT2D eigenvalue weighted by atomic mass is 10.0. The fraction of sp³-hybridized carbons (Fsp3) is 0.233. The highest BCUT2D eigenvalue weighted by Gasteiger charge is 2.13. The van der Waals surface area contributed by atoms with E-state index in [1.54, 1.807) is 49.9 Å². The SMILES string of the molecule is CC#C/C(=C(/C)C(=O)O)c1ccc(OCc2ccc3scc(-c4cc(OCCOC)cnc4C)c3c2)nc1. The molecule has 3 heterocycles. The van der Waals surface area contributed by atoms with Crippen LogP contribution in [-0.4, -0.2) is 41.4 Å². The molecule has 7 nitrogen and oxygen atoms in total. The first-order valence-corrected chi connectivity index (χ1v) is 12.8. The summed E-state index contributed by atoms with van der Waals surface area (Å²) in [5.74, 6) is 5.76. The highest BCUT2D eigenvalue weighted by Crippen LogP contribution is 2.37. The van der Waals surface area contributed by atoms with Crippen molar-refractivity contribution in [1.29, 1.82) is 0 Å². The molecule has 0 aliphatic carbocycles. The number of carboxylic acids is 1. The molecular weight excluding hydrogens is 500 g/mol. The molecule has 0 fully saturated rings. The van der Waals surface area contributed by atoms with Crippen molar-refractivity contribution in [2.75, 3.05) is 20.3 Å². The van der Waals surface area contributed by atoms with Crippen LogP contribution in [0.3, 0.4) is 0 Å². The van der Waals surface area contributed by atoms with E-state index < -0.39 is 5.97 Å². The number of carbonyl (C=O) groups is 1. The van der Waals surface area contributed by atoms with Gasteiger partial charge in [-0.2, -0.15) is 0 Å². The molecule has 0 unspecified atom stereocenters. The molecule has 0 saturated carbocycles. The first-order valence-electron chi connectivity index (χ1n) is 12.0. The Morgan fingerprint density at radius 2 is 1.89 bits per heavy atom. The number of aliphatic carboxylic acids is 1. The predicted molar refractivity (Wildman–Crippen MR) is 149 cm³/mol. The number of methoxy groups -OCH3 is 1. The number of aryl methyl sites for hydroxylation is 1. The highest BCUT2D eigenvalue weighted by atomic mass is 32.1. The number of pyridine rings is 2. The minimum absolute atomic E-state index is 0.173. The summed E-state index contributed by atoms with van der Waals surface area (Å²) in [6.45, 7) is 6.50. The Morgan fingerprint density at radius 1 is 1.05 bits per heavy atom. The number of fused-ring (bicyclic) bond motifs is 1. The third-order valence-electron chi connectivity index (χ3n) is 5.90. The number of carboxylic acid groups (broad SMARTS) is 1. The maximum atomic E-state index is 11.4. The van der Waals surface area contributed by atoms with Gasteiger partial charge in [0.05, 0.1) is 18.4 Å². The average molecular weight is 529 g/mol. The monoisotopic (exact) mass is 528 g/mol. The van der Waals surface area contributed by atoms with E-state index in [-0.39, 0.29) is 5.57 Å². The summed E-state index contributed by atoms with van der Waals surface area (Å²) in [7, 11) is 1.64. The Balaban J connectivity index is 1.54. The van der Waals surface area contributed by atoms with Crippen LogP contribution in [0.1, 0.15) is 30.7 Å². The van der Waals surface area contributed by atoms with Gasteiger partial charge in [0.15, 0.2) is 0 Å². The van der Waals surface area contributed by atoms with E-state index in [2.05, 4.69) is 39.3 Å². The summed E-state index contributed by atoms with van der Waals surface area (Å²) in [5, 5.41) is 12.6. The van der Waals surface area contributed by atoms with Gasteiger partial charge in [-0.3, -0.25) is 4.98 Å². The summed E-state index contributed by atoms with van der Waals surface area (Å²) < 4.78 is 18.0. The molecule has 0 bridgehead atoms. The number of hydrogen-bond donors (Lipinski definition) is 1. The number of allylic oxidation sites excluding steroid dienone is 1. The molecule has 4 rings (SSSR count). The Hall–Kier alpha value is -4.19. The molecule has 8 heteroatoms. The first kappa shape index (κ1) is 26.9. The number of ether oxygens (including phenoxy) is 3. The number of nitrogens with zero attached hydrogens (tertiary/aromatic N) is 2. The normalized spacial score (nSPS) is 11.5. The van der Waals surface area contributed by atoms with E-state index in [1.165, 1.54) is 11.6 Å². The molecule has 0 radical (unpaired) electrons. The van der Waals surface area contributed by atoms with Gasteiger partial charge >= 0.3 is 5.97 Å². The van der Waals surface area contributed by atoms with E-state index >= 15 is 0 Å². The van der Waals surface area contributed by atoms with Crippen molar-refractivity contribution in [3.8, 4) is 34.6 Å². The zero-order valence-electron chi connectivity index (χ0n) is 21.7. The van der Waals surface area contributed by atoms with Crippen LogP contribution in [0.15, 0.2) is 59.7 Å². The number of rotatable bonds is 10. The quantitative estimate of drug-likeness (QED) is 0.150. The van der Waals surface area contributed by atoms with Gasteiger partial charge in [-0.1, -0.05) is 12.0 Å². The summed E-state index contributed by atoms with van der Waals surface area (Å²) in [5.41, 5.74) is 5.29. The van der Waals surface area contributed by atoms with Gasteiger partial charge in [0.1, 0.15) is 19.0 Å². The number of hydrogen-bond acceptors (Lipinski definition) is 7. The lowest BCUT2D eigenvalue weighted by Crippen LogP contribution is -2.04. The molecule has 0 atom stereocenters. The van der Waals surface area contributed by atoms with Crippen molar-refractivity contribution >= 4 is 33.0 Å². The Labute approximate surface area is 225 Å². The average Bonchev–Trinajstić information content (AvgIpc) is 3.34. The molecule has 0 spiro atoms. The molecular formula is C30H28N2O5S. The molecule has 0 amide bonds. The van der Waals surface area contributed by atoms with Crippen LogP contribution in [0.25, 0.3) is 26.8 Å². The molecule has 0 aliphatic rings. The minimum atomic E-state index is -1.01. The van der Waals surface area contributed by atoms with Crippen LogP contribution in [0, 0.1) is 18.8 Å². The van der Waals surface area contributed by atoms with Crippen LogP contribution in [-0.2, 0) is 16.1 Å². The highest BCUT2D eigenvalue weighted by molar-refractivity contribution is 7.17. The molecule has 38 heavy (non-hydrogen) atoms. The molecule has 1 aromatic carbocycles. The second-order valence-electron chi connectivity index (χ2n) is 8.48. The van der Waals surface area contributed by atoms with Crippen LogP contribution < -0.4 is 9.47 Å². The van der Waals surface area contributed by atoms with Gasteiger partial charge in [-0.25, -0.2) is 9.78 Å². The first-order chi connectivity index (χ1) is 18.4. The summed E-state index contributed by atoms with van der Waals surface area (Å²) in [6.07, 6.45) is 3.32.